The topological polar surface area (TPSA) is 73.0 Å². The molecule has 0 unspecified atom stereocenters. The Bertz CT molecular complexity index is 781. The van der Waals surface area contributed by atoms with Crippen molar-refractivity contribution in [1.29, 1.82) is 0 Å². The first-order chi connectivity index (χ1) is 11.7. The van der Waals surface area contributed by atoms with Crippen molar-refractivity contribution in [3.63, 3.8) is 0 Å². The molecule has 0 radical (unpaired) electrons. The van der Waals surface area contributed by atoms with E-state index in [-0.39, 0.29) is 5.91 Å². The van der Waals surface area contributed by atoms with E-state index in [1.807, 2.05) is 36.4 Å². The highest BCUT2D eigenvalue weighted by Gasteiger charge is 2.07. The first-order valence-electron chi connectivity index (χ1n) is 7.64. The molecule has 0 spiro atoms. The second kappa shape index (κ2) is 7.79. The van der Waals surface area contributed by atoms with Crippen LogP contribution >= 0.6 is 11.6 Å². The molecule has 0 bridgehead atoms. The molecule has 0 aliphatic heterocycles. The Morgan fingerprint density at radius 1 is 1.21 bits per heavy atom. The van der Waals surface area contributed by atoms with Crippen LogP contribution in [0.4, 0.5) is 0 Å². The lowest BCUT2D eigenvalue weighted by Crippen LogP contribution is -2.22. The molecule has 0 saturated carbocycles. The number of furan rings is 1. The van der Waals surface area contributed by atoms with E-state index in [0.29, 0.717) is 36.7 Å². The van der Waals surface area contributed by atoms with Crippen LogP contribution in [-0.2, 0) is 17.9 Å². The Balaban J connectivity index is 1.44. The third-order valence-electron chi connectivity index (χ3n) is 3.51. The van der Waals surface area contributed by atoms with Crippen molar-refractivity contribution >= 4 is 17.5 Å². The monoisotopic (exact) mass is 344 g/mol. The summed E-state index contributed by atoms with van der Waals surface area (Å²) < 4.78 is 7.45. The highest BCUT2D eigenvalue weighted by Crippen LogP contribution is 2.23. The number of nitrogens with zero attached hydrogens (tertiary/aromatic N) is 3. The first-order valence-corrected chi connectivity index (χ1v) is 8.02. The molecule has 0 saturated heterocycles. The summed E-state index contributed by atoms with van der Waals surface area (Å²) in [6.45, 7) is 1.05. The number of aryl methyl sites for hydroxylation is 1. The molecule has 2 heterocycles. The third kappa shape index (κ3) is 4.45. The van der Waals surface area contributed by atoms with Gasteiger partial charge in [-0.3, -0.25) is 9.48 Å². The molecular weight excluding hydrogens is 328 g/mol. The molecule has 0 aliphatic rings. The molecule has 24 heavy (non-hydrogen) atoms. The van der Waals surface area contributed by atoms with E-state index in [1.165, 1.54) is 6.33 Å². The normalized spacial score (nSPS) is 10.7. The SMILES string of the molecule is O=C(CCCn1cncn1)NCc1ccc(-c2ccc(Cl)cc2)o1. The lowest BCUT2D eigenvalue weighted by atomic mass is 10.2. The number of nitrogens with one attached hydrogen (secondary N) is 1. The minimum absolute atomic E-state index is 0.0143. The molecule has 3 rings (SSSR count). The fraction of sp³-hybridized carbons (Fsp3) is 0.235. The predicted molar refractivity (Wildman–Crippen MR) is 90.3 cm³/mol. The zero-order chi connectivity index (χ0) is 16.8. The standard InChI is InChI=1S/C17H17ClN4O2/c18-14-5-3-13(4-6-14)16-8-7-15(24-16)10-20-17(23)2-1-9-22-12-19-11-21-22/h3-8,11-12H,1-2,9-10H2,(H,20,23). The van der Waals surface area contributed by atoms with Crippen molar-refractivity contribution in [3.05, 3.63) is 59.8 Å². The molecule has 0 fully saturated rings. The van der Waals surface area contributed by atoms with Gasteiger partial charge in [0, 0.05) is 23.6 Å². The zero-order valence-electron chi connectivity index (χ0n) is 13.0. The van der Waals surface area contributed by atoms with E-state index < -0.39 is 0 Å². The maximum Gasteiger partial charge on any atom is 0.220 e. The molecule has 6 nitrogen and oxygen atoms in total. The van der Waals surface area contributed by atoms with E-state index in [2.05, 4.69) is 15.4 Å². The maximum absolute atomic E-state index is 11.8. The van der Waals surface area contributed by atoms with Gasteiger partial charge in [-0.25, -0.2) is 4.98 Å². The van der Waals surface area contributed by atoms with Crippen LogP contribution in [0.15, 0.2) is 53.5 Å². The summed E-state index contributed by atoms with van der Waals surface area (Å²) in [7, 11) is 0. The molecule has 1 N–H and O–H groups in total. The smallest absolute Gasteiger partial charge is 0.220 e. The van der Waals surface area contributed by atoms with Crippen molar-refractivity contribution in [2.45, 2.75) is 25.9 Å². The van der Waals surface area contributed by atoms with Gasteiger partial charge in [-0.15, -0.1) is 0 Å². The Kier molecular flexibility index (Phi) is 5.28. The summed E-state index contributed by atoms with van der Waals surface area (Å²) in [6.07, 6.45) is 4.27. The van der Waals surface area contributed by atoms with E-state index in [1.54, 1.807) is 11.0 Å². The van der Waals surface area contributed by atoms with Crippen molar-refractivity contribution in [3.8, 4) is 11.3 Å². The summed E-state index contributed by atoms with van der Waals surface area (Å²) >= 11 is 5.88. The molecule has 3 aromatic rings. The highest BCUT2D eigenvalue weighted by molar-refractivity contribution is 6.30. The van der Waals surface area contributed by atoms with Gasteiger partial charge in [0.15, 0.2) is 0 Å². The minimum atomic E-state index is -0.0143. The molecule has 1 amide bonds. The number of benzene rings is 1. The number of aromatic nitrogens is 3. The summed E-state index contributed by atoms with van der Waals surface area (Å²) in [6, 6.07) is 11.2. The summed E-state index contributed by atoms with van der Waals surface area (Å²) in [4.78, 5) is 15.7. The number of hydrogen-bond donors (Lipinski definition) is 1. The summed E-state index contributed by atoms with van der Waals surface area (Å²) in [5.41, 5.74) is 0.949. The number of halogens is 1. The Hall–Kier alpha value is -2.60. The van der Waals surface area contributed by atoms with Crippen molar-refractivity contribution < 1.29 is 9.21 Å². The Morgan fingerprint density at radius 3 is 2.79 bits per heavy atom. The summed E-state index contributed by atoms with van der Waals surface area (Å²) in [5, 5.41) is 7.53. The average molecular weight is 345 g/mol. The molecule has 124 valence electrons. The molecule has 0 aliphatic carbocycles. The van der Waals surface area contributed by atoms with Crippen LogP contribution in [0, 0.1) is 0 Å². The lowest BCUT2D eigenvalue weighted by molar-refractivity contribution is -0.121. The van der Waals surface area contributed by atoms with Crippen LogP contribution in [0.1, 0.15) is 18.6 Å². The van der Waals surface area contributed by atoms with Crippen LogP contribution in [0.25, 0.3) is 11.3 Å². The first kappa shape index (κ1) is 16.3. The third-order valence-corrected chi connectivity index (χ3v) is 3.76. The van der Waals surface area contributed by atoms with Gasteiger partial charge >= 0.3 is 0 Å². The van der Waals surface area contributed by atoms with E-state index in [0.717, 1.165) is 11.3 Å². The average Bonchev–Trinajstić information content (AvgIpc) is 3.25. The molecule has 0 atom stereocenters. The second-order valence-corrected chi connectivity index (χ2v) is 5.75. The van der Waals surface area contributed by atoms with Gasteiger partial charge in [0.25, 0.3) is 0 Å². The van der Waals surface area contributed by atoms with E-state index >= 15 is 0 Å². The second-order valence-electron chi connectivity index (χ2n) is 5.31. The number of hydrogen-bond acceptors (Lipinski definition) is 4. The lowest BCUT2D eigenvalue weighted by Gasteiger charge is -2.04. The van der Waals surface area contributed by atoms with Gasteiger partial charge < -0.3 is 9.73 Å². The largest absolute Gasteiger partial charge is 0.459 e. The van der Waals surface area contributed by atoms with Gasteiger partial charge in [0.2, 0.25) is 5.91 Å². The number of carbonyl (C=O) groups is 1. The molecule has 1 aromatic carbocycles. The van der Waals surface area contributed by atoms with Crippen molar-refractivity contribution in [1.82, 2.24) is 20.1 Å². The fourth-order valence-electron chi connectivity index (χ4n) is 2.27. The predicted octanol–water partition coefficient (Wildman–Crippen LogP) is 3.29. The van der Waals surface area contributed by atoms with Crippen LogP contribution in [0.3, 0.4) is 0 Å². The summed E-state index contributed by atoms with van der Waals surface area (Å²) in [5.74, 6) is 1.45. The Morgan fingerprint density at radius 2 is 2.04 bits per heavy atom. The zero-order valence-corrected chi connectivity index (χ0v) is 13.7. The quantitative estimate of drug-likeness (QED) is 0.713. The van der Waals surface area contributed by atoms with Crippen molar-refractivity contribution in [2.24, 2.45) is 0 Å². The van der Waals surface area contributed by atoms with Gasteiger partial charge in [-0.2, -0.15) is 5.10 Å². The van der Waals surface area contributed by atoms with Crippen LogP contribution < -0.4 is 5.32 Å². The molecular formula is C17H17ClN4O2. The number of carbonyl (C=O) groups excluding carboxylic acids is 1. The molecule has 2 aromatic heterocycles. The van der Waals surface area contributed by atoms with Crippen molar-refractivity contribution in [2.75, 3.05) is 0 Å². The van der Waals surface area contributed by atoms with E-state index in [9.17, 15) is 4.79 Å². The number of amides is 1. The highest BCUT2D eigenvalue weighted by atomic mass is 35.5. The maximum atomic E-state index is 11.8. The van der Waals surface area contributed by atoms with Gasteiger partial charge in [0.1, 0.15) is 24.2 Å². The minimum Gasteiger partial charge on any atom is -0.459 e. The van der Waals surface area contributed by atoms with Crippen LogP contribution in [0.5, 0.6) is 0 Å². The fourth-order valence-corrected chi connectivity index (χ4v) is 2.39. The number of rotatable bonds is 7. The molecule has 7 heteroatoms. The van der Waals surface area contributed by atoms with E-state index in [4.69, 9.17) is 16.0 Å². The Labute approximate surface area is 144 Å². The van der Waals surface area contributed by atoms with Crippen LogP contribution in [0.2, 0.25) is 5.02 Å². The van der Waals surface area contributed by atoms with Gasteiger partial charge in [-0.1, -0.05) is 11.6 Å². The van der Waals surface area contributed by atoms with Gasteiger partial charge in [0.05, 0.1) is 6.54 Å². The van der Waals surface area contributed by atoms with Crippen LogP contribution in [-0.4, -0.2) is 20.7 Å². The van der Waals surface area contributed by atoms with Gasteiger partial charge in [-0.05, 0) is 42.8 Å².